The van der Waals surface area contributed by atoms with Crippen molar-refractivity contribution in [2.75, 3.05) is 0 Å². The van der Waals surface area contributed by atoms with E-state index in [0.717, 1.165) is 26.8 Å². The van der Waals surface area contributed by atoms with Gasteiger partial charge in [0.1, 0.15) is 11.3 Å². The van der Waals surface area contributed by atoms with E-state index in [0.29, 0.717) is 16.5 Å². The van der Waals surface area contributed by atoms with E-state index < -0.39 is 0 Å². The minimum Gasteiger partial charge on any atom is -0.458 e. The van der Waals surface area contributed by atoms with Gasteiger partial charge in [-0.15, -0.1) is 0 Å². The Labute approximate surface area is 141 Å². The minimum atomic E-state index is -0.278. The van der Waals surface area contributed by atoms with Crippen molar-refractivity contribution in [1.29, 1.82) is 0 Å². The zero-order valence-corrected chi connectivity index (χ0v) is 14.0. The average Bonchev–Trinajstić information content (AvgIpc) is 2.89. The fourth-order valence-corrected chi connectivity index (χ4v) is 3.13. The molecule has 1 aromatic heterocycles. The second-order valence-electron chi connectivity index (χ2n) is 4.83. The molecule has 3 aromatic rings. The van der Waals surface area contributed by atoms with Gasteiger partial charge in [-0.1, -0.05) is 47.5 Å². The maximum atomic E-state index is 6.25. The molecule has 1 unspecified atom stereocenters. The van der Waals surface area contributed by atoms with Gasteiger partial charge in [0, 0.05) is 5.39 Å². The molecule has 0 saturated heterocycles. The molecule has 0 bridgehead atoms. The Morgan fingerprint density at radius 3 is 2.67 bits per heavy atom. The highest BCUT2D eigenvalue weighted by atomic mass is 79.9. The predicted molar refractivity (Wildman–Crippen MR) is 91.0 cm³/mol. The lowest BCUT2D eigenvalue weighted by Crippen LogP contribution is -2.12. The molecule has 2 nitrogen and oxygen atoms in total. The van der Waals surface area contributed by atoms with Crippen molar-refractivity contribution in [2.45, 2.75) is 12.5 Å². The number of hydrogen-bond donors (Lipinski definition) is 1. The van der Waals surface area contributed by atoms with Crippen LogP contribution in [0.2, 0.25) is 10.0 Å². The molecule has 0 fully saturated rings. The largest absolute Gasteiger partial charge is 0.458 e. The lowest BCUT2D eigenvalue weighted by molar-refractivity contribution is 0.493. The lowest BCUT2D eigenvalue weighted by atomic mass is 10.0. The van der Waals surface area contributed by atoms with Gasteiger partial charge in [0.05, 0.1) is 20.6 Å². The molecule has 21 heavy (non-hydrogen) atoms. The van der Waals surface area contributed by atoms with Crippen molar-refractivity contribution in [3.05, 3.63) is 68.3 Å². The fraction of sp³-hybridized carbons (Fsp3) is 0.125. The molecule has 1 atom stereocenters. The van der Waals surface area contributed by atoms with Crippen molar-refractivity contribution in [2.24, 2.45) is 5.73 Å². The molecule has 0 aliphatic heterocycles. The molecule has 0 saturated carbocycles. The van der Waals surface area contributed by atoms with E-state index in [1.807, 2.05) is 36.4 Å². The van der Waals surface area contributed by atoms with E-state index in [4.69, 9.17) is 33.4 Å². The van der Waals surface area contributed by atoms with Gasteiger partial charge in [0.2, 0.25) is 0 Å². The number of nitrogens with two attached hydrogens (primary N) is 1. The summed E-state index contributed by atoms with van der Waals surface area (Å²) < 4.78 is 6.77. The van der Waals surface area contributed by atoms with Crippen molar-refractivity contribution in [3.63, 3.8) is 0 Å². The highest BCUT2D eigenvalue weighted by Gasteiger charge is 2.16. The standard InChI is InChI=1S/C16H12BrCl2NO/c17-11-5-1-4-10-8-14(21-16(10)11)13(20)7-9-3-2-6-12(18)15(9)19/h1-6,8,13H,7,20H2. The van der Waals surface area contributed by atoms with Gasteiger partial charge in [-0.25, -0.2) is 0 Å². The summed E-state index contributed by atoms with van der Waals surface area (Å²) in [6.07, 6.45) is 0.566. The van der Waals surface area contributed by atoms with Gasteiger partial charge in [-0.2, -0.15) is 0 Å². The predicted octanol–water partition coefficient (Wildman–Crippen LogP) is 5.74. The Balaban J connectivity index is 1.92. The average molecular weight is 385 g/mol. The molecule has 108 valence electrons. The highest BCUT2D eigenvalue weighted by Crippen LogP contribution is 2.32. The van der Waals surface area contributed by atoms with Crippen LogP contribution < -0.4 is 5.73 Å². The van der Waals surface area contributed by atoms with Gasteiger partial charge in [-0.05, 0) is 46.1 Å². The van der Waals surface area contributed by atoms with E-state index in [1.54, 1.807) is 6.07 Å². The maximum absolute atomic E-state index is 6.25. The summed E-state index contributed by atoms with van der Waals surface area (Å²) in [5, 5.41) is 2.10. The molecule has 0 amide bonds. The lowest BCUT2D eigenvalue weighted by Gasteiger charge is -2.10. The molecule has 0 spiro atoms. The summed E-state index contributed by atoms with van der Waals surface area (Å²) in [6.45, 7) is 0. The summed E-state index contributed by atoms with van der Waals surface area (Å²) in [5.74, 6) is 0.730. The number of hydrogen-bond acceptors (Lipinski definition) is 2. The number of furan rings is 1. The van der Waals surface area contributed by atoms with Crippen molar-refractivity contribution < 1.29 is 4.42 Å². The molecule has 5 heteroatoms. The second kappa shape index (κ2) is 6.01. The molecule has 2 aromatic carbocycles. The van der Waals surface area contributed by atoms with Crippen LogP contribution in [0.25, 0.3) is 11.0 Å². The molecule has 0 radical (unpaired) electrons. The SMILES string of the molecule is NC(Cc1cccc(Cl)c1Cl)c1cc2cccc(Br)c2o1. The molecule has 0 aliphatic carbocycles. The minimum absolute atomic E-state index is 0.278. The Hall–Kier alpha value is -1.00. The van der Waals surface area contributed by atoms with Crippen LogP contribution in [0.15, 0.2) is 51.4 Å². The number of halogens is 3. The summed E-state index contributed by atoms with van der Waals surface area (Å²) in [6, 6.07) is 13.1. The molecule has 0 aliphatic rings. The summed E-state index contributed by atoms with van der Waals surface area (Å²) in [5.41, 5.74) is 7.97. The molecule has 3 rings (SSSR count). The van der Waals surface area contributed by atoms with Crippen molar-refractivity contribution in [1.82, 2.24) is 0 Å². The number of benzene rings is 2. The third-order valence-corrected chi connectivity index (χ3v) is 4.83. The Bertz CT molecular complexity index is 800. The van der Waals surface area contributed by atoms with E-state index in [-0.39, 0.29) is 6.04 Å². The summed E-state index contributed by atoms with van der Waals surface area (Å²) in [4.78, 5) is 0. The summed E-state index contributed by atoms with van der Waals surface area (Å²) >= 11 is 15.7. The van der Waals surface area contributed by atoms with Crippen LogP contribution >= 0.6 is 39.1 Å². The van der Waals surface area contributed by atoms with Crippen molar-refractivity contribution in [3.8, 4) is 0 Å². The van der Waals surface area contributed by atoms with Crippen LogP contribution in [0.1, 0.15) is 17.4 Å². The monoisotopic (exact) mass is 383 g/mol. The third-order valence-electron chi connectivity index (χ3n) is 3.35. The van der Waals surface area contributed by atoms with Gasteiger partial charge in [0.25, 0.3) is 0 Å². The second-order valence-corrected chi connectivity index (χ2v) is 6.47. The van der Waals surface area contributed by atoms with E-state index >= 15 is 0 Å². The van der Waals surface area contributed by atoms with E-state index in [1.165, 1.54) is 0 Å². The van der Waals surface area contributed by atoms with E-state index in [2.05, 4.69) is 15.9 Å². The Morgan fingerprint density at radius 2 is 1.90 bits per heavy atom. The van der Waals surface area contributed by atoms with Crippen LogP contribution in [-0.2, 0) is 6.42 Å². The van der Waals surface area contributed by atoms with Gasteiger partial charge >= 0.3 is 0 Å². The fourth-order valence-electron chi connectivity index (χ4n) is 2.27. The smallest absolute Gasteiger partial charge is 0.148 e. The van der Waals surface area contributed by atoms with E-state index in [9.17, 15) is 0 Å². The topological polar surface area (TPSA) is 39.2 Å². The first-order chi connectivity index (χ1) is 10.1. The molecular formula is C16H12BrCl2NO. The maximum Gasteiger partial charge on any atom is 0.148 e. The number of fused-ring (bicyclic) bond motifs is 1. The summed E-state index contributed by atoms with van der Waals surface area (Å²) in [7, 11) is 0. The Kier molecular flexibility index (Phi) is 4.27. The third kappa shape index (κ3) is 2.97. The highest BCUT2D eigenvalue weighted by molar-refractivity contribution is 9.10. The molecule has 2 N–H and O–H groups in total. The normalized spacial score (nSPS) is 12.8. The van der Waals surface area contributed by atoms with Crippen LogP contribution in [0.3, 0.4) is 0 Å². The van der Waals surface area contributed by atoms with Crippen LogP contribution in [0.4, 0.5) is 0 Å². The first kappa shape index (κ1) is 14.9. The van der Waals surface area contributed by atoms with Crippen LogP contribution in [0, 0.1) is 0 Å². The zero-order chi connectivity index (χ0) is 15.0. The zero-order valence-electron chi connectivity index (χ0n) is 10.9. The van der Waals surface area contributed by atoms with Crippen molar-refractivity contribution >= 4 is 50.1 Å². The van der Waals surface area contributed by atoms with Gasteiger partial charge in [-0.3, -0.25) is 0 Å². The van der Waals surface area contributed by atoms with Gasteiger partial charge in [0.15, 0.2) is 0 Å². The first-order valence-electron chi connectivity index (χ1n) is 6.42. The number of para-hydroxylation sites is 1. The van der Waals surface area contributed by atoms with Crippen LogP contribution in [-0.4, -0.2) is 0 Å². The van der Waals surface area contributed by atoms with Crippen LogP contribution in [0.5, 0.6) is 0 Å². The molecule has 1 heterocycles. The Morgan fingerprint density at radius 1 is 1.14 bits per heavy atom. The molecular weight excluding hydrogens is 373 g/mol. The first-order valence-corrected chi connectivity index (χ1v) is 7.97. The quantitative estimate of drug-likeness (QED) is 0.624. The number of rotatable bonds is 3. The van der Waals surface area contributed by atoms with Gasteiger partial charge < -0.3 is 10.2 Å².